The average Bonchev–Trinajstić information content (AvgIpc) is 3.26. The van der Waals surface area contributed by atoms with Crippen LogP contribution in [-0.4, -0.2) is 22.3 Å². The highest BCUT2D eigenvalue weighted by Gasteiger charge is 2.24. The first-order valence-corrected chi connectivity index (χ1v) is 9.46. The van der Waals surface area contributed by atoms with Crippen LogP contribution in [0.5, 0.6) is 0 Å². The SMILES string of the molecule is CCC(c1ccccc1)c1nc2ccc(Cl)cc2n1CC1CCCO1. The highest BCUT2D eigenvalue weighted by atomic mass is 35.5. The number of fused-ring (bicyclic) bond motifs is 1. The molecule has 130 valence electrons. The van der Waals surface area contributed by atoms with E-state index in [1.54, 1.807) is 0 Å². The van der Waals surface area contributed by atoms with E-state index in [4.69, 9.17) is 21.3 Å². The van der Waals surface area contributed by atoms with Crippen molar-refractivity contribution in [3.63, 3.8) is 0 Å². The molecule has 0 radical (unpaired) electrons. The molecule has 3 aromatic rings. The first-order valence-electron chi connectivity index (χ1n) is 9.08. The Balaban J connectivity index is 1.83. The highest BCUT2D eigenvalue weighted by Crippen LogP contribution is 2.32. The summed E-state index contributed by atoms with van der Waals surface area (Å²) in [5.41, 5.74) is 3.42. The van der Waals surface area contributed by atoms with Gasteiger partial charge in [-0.1, -0.05) is 48.9 Å². The fourth-order valence-corrected chi connectivity index (χ4v) is 3.98. The van der Waals surface area contributed by atoms with E-state index in [0.717, 1.165) is 54.3 Å². The molecule has 1 aromatic heterocycles. The second kappa shape index (κ2) is 7.19. The molecule has 0 saturated carbocycles. The van der Waals surface area contributed by atoms with Gasteiger partial charge < -0.3 is 9.30 Å². The Morgan fingerprint density at radius 2 is 2.08 bits per heavy atom. The minimum absolute atomic E-state index is 0.267. The van der Waals surface area contributed by atoms with Gasteiger partial charge in [0.1, 0.15) is 5.82 Å². The highest BCUT2D eigenvalue weighted by molar-refractivity contribution is 6.31. The predicted octanol–water partition coefficient (Wildman–Crippen LogP) is 5.41. The van der Waals surface area contributed by atoms with E-state index in [9.17, 15) is 0 Å². The van der Waals surface area contributed by atoms with Gasteiger partial charge in [-0.2, -0.15) is 0 Å². The van der Waals surface area contributed by atoms with Crippen molar-refractivity contribution in [2.45, 2.75) is 44.8 Å². The quantitative estimate of drug-likeness (QED) is 0.612. The molecule has 0 spiro atoms. The Hall–Kier alpha value is -1.84. The van der Waals surface area contributed by atoms with Gasteiger partial charge in [-0.3, -0.25) is 0 Å². The Labute approximate surface area is 153 Å². The van der Waals surface area contributed by atoms with E-state index in [1.807, 2.05) is 18.2 Å². The Morgan fingerprint density at radius 1 is 1.24 bits per heavy atom. The monoisotopic (exact) mass is 354 g/mol. The van der Waals surface area contributed by atoms with Gasteiger partial charge in [-0.15, -0.1) is 0 Å². The van der Waals surface area contributed by atoms with Crippen molar-refractivity contribution >= 4 is 22.6 Å². The summed E-state index contributed by atoms with van der Waals surface area (Å²) < 4.78 is 8.23. The fraction of sp³-hybridized carbons (Fsp3) is 0.381. The normalized spacial score (nSPS) is 18.7. The standard InChI is InChI=1S/C21H23ClN2O/c1-2-18(15-7-4-3-5-8-15)21-23-19-11-10-16(22)13-20(19)24(21)14-17-9-6-12-25-17/h3-5,7-8,10-11,13,17-18H,2,6,9,12,14H2,1H3. The maximum atomic E-state index is 6.27. The zero-order valence-corrected chi connectivity index (χ0v) is 15.2. The molecule has 1 fully saturated rings. The second-order valence-electron chi connectivity index (χ2n) is 6.72. The summed E-state index contributed by atoms with van der Waals surface area (Å²) in [4.78, 5) is 4.99. The first-order chi connectivity index (χ1) is 12.3. The molecule has 2 aromatic carbocycles. The molecule has 1 aliphatic heterocycles. The van der Waals surface area contributed by atoms with E-state index >= 15 is 0 Å². The second-order valence-corrected chi connectivity index (χ2v) is 7.16. The molecule has 2 unspecified atom stereocenters. The van der Waals surface area contributed by atoms with Crippen LogP contribution >= 0.6 is 11.6 Å². The molecule has 0 amide bonds. The van der Waals surface area contributed by atoms with Crippen molar-refractivity contribution < 1.29 is 4.74 Å². The van der Waals surface area contributed by atoms with E-state index in [0.29, 0.717) is 0 Å². The van der Waals surface area contributed by atoms with Crippen LogP contribution in [0.25, 0.3) is 11.0 Å². The number of benzene rings is 2. The van der Waals surface area contributed by atoms with E-state index in [1.165, 1.54) is 5.56 Å². The molecule has 25 heavy (non-hydrogen) atoms. The number of ether oxygens (including phenoxy) is 1. The number of hydrogen-bond acceptors (Lipinski definition) is 2. The van der Waals surface area contributed by atoms with Gasteiger partial charge in [0.05, 0.1) is 23.7 Å². The molecule has 0 N–H and O–H groups in total. The van der Waals surface area contributed by atoms with Crippen molar-refractivity contribution in [3.8, 4) is 0 Å². The smallest absolute Gasteiger partial charge is 0.117 e. The molecule has 2 heterocycles. The number of rotatable bonds is 5. The summed E-state index contributed by atoms with van der Waals surface area (Å²) in [6.07, 6.45) is 3.53. The van der Waals surface area contributed by atoms with Crippen molar-refractivity contribution in [1.29, 1.82) is 0 Å². The Kier molecular flexibility index (Phi) is 4.78. The van der Waals surface area contributed by atoms with Crippen LogP contribution in [0.1, 0.15) is 43.5 Å². The van der Waals surface area contributed by atoms with Gasteiger partial charge in [0, 0.05) is 17.5 Å². The van der Waals surface area contributed by atoms with Crippen LogP contribution in [0.4, 0.5) is 0 Å². The van der Waals surface area contributed by atoms with Gasteiger partial charge in [0.25, 0.3) is 0 Å². The lowest BCUT2D eigenvalue weighted by atomic mass is 9.95. The van der Waals surface area contributed by atoms with Crippen LogP contribution in [0.15, 0.2) is 48.5 Å². The van der Waals surface area contributed by atoms with Crippen LogP contribution < -0.4 is 0 Å². The topological polar surface area (TPSA) is 27.1 Å². The van der Waals surface area contributed by atoms with Crippen molar-refractivity contribution in [3.05, 3.63) is 64.9 Å². The average molecular weight is 355 g/mol. The molecule has 0 bridgehead atoms. The lowest BCUT2D eigenvalue weighted by molar-refractivity contribution is 0.0970. The number of imidazole rings is 1. The van der Waals surface area contributed by atoms with Crippen LogP contribution in [0.2, 0.25) is 5.02 Å². The summed E-state index contributed by atoms with van der Waals surface area (Å²) in [7, 11) is 0. The van der Waals surface area contributed by atoms with E-state index in [-0.39, 0.29) is 12.0 Å². The molecule has 4 heteroatoms. The molecular formula is C21H23ClN2O. The number of halogens is 1. The van der Waals surface area contributed by atoms with E-state index < -0.39 is 0 Å². The summed E-state index contributed by atoms with van der Waals surface area (Å²) in [6.45, 7) is 3.93. The number of hydrogen-bond donors (Lipinski definition) is 0. The van der Waals surface area contributed by atoms with Gasteiger partial charge in [-0.25, -0.2) is 4.98 Å². The molecule has 1 saturated heterocycles. The maximum absolute atomic E-state index is 6.27. The molecule has 3 nitrogen and oxygen atoms in total. The number of nitrogens with zero attached hydrogens (tertiary/aromatic N) is 2. The Bertz CT molecular complexity index is 853. The Morgan fingerprint density at radius 3 is 2.80 bits per heavy atom. The summed E-state index contributed by atoms with van der Waals surface area (Å²) >= 11 is 6.27. The summed E-state index contributed by atoms with van der Waals surface area (Å²) in [5, 5.41) is 0.750. The minimum Gasteiger partial charge on any atom is -0.376 e. The van der Waals surface area contributed by atoms with E-state index in [2.05, 4.69) is 41.8 Å². The van der Waals surface area contributed by atoms with Crippen molar-refractivity contribution in [2.24, 2.45) is 0 Å². The number of aromatic nitrogens is 2. The lowest BCUT2D eigenvalue weighted by Gasteiger charge is -2.20. The van der Waals surface area contributed by atoms with Gasteiger partial charge >= 0.3 is 0 Å². The third kappa shape index (κ3) is 3.31. The summed E-state index contributed by atoms with van der Waals surface area (Å²) in [6, 6.07) is 16.6. The minimum atomic E-state index is 0.267. The predicted molar refractivity (Wildman–Crippen MR) is 102 cm³/mol. The van der Waals surface area contributed by atoms with Gasteiger partial charge in [0.15, 0.2) is 0 Å². The molecule has 1 aliphatic rings. The molecular weight excluding hydrogens is 332 g/mol. The fourth-order valence-electron chi connectivity index (χ4n) is 3.82. The third-order valence-electron chi connectivity index (χ3n) is 5.07. The van der Waals surface area contributed by atoms with Crippen LogP contribution in [0.3, 0.4) is 0 Å². The zero-order valence-electron chi connectivity index (χ0n) is 14.5. The molecule has 0 aliphatic carbocycles. The van der Waals surface area contributed by atoms with Crippen molar-refractivity contribution in [1.82, 2.24) is 9.55 Å². The van der Waals surface area contributed by atoms with Crippen LogP contribution in [0, 0.1) is 0 Å². The van der Waals surface area contributed by atoms with Crippen molar-refractivity contribution in [2.75, 3.05) is 6.61 Å². The van der Waals surface area contributed by atoms with Gasteiger partial charge in [0.2, 0.25) is 0 Å². The zero-order chi connectivity index (χ0) is 17.2. The molecule has 4 rings (SSSR count). The largest absolute Gasteiger partial charge is 0.376 e. The lowest BCUT2D eigenvalue weighted by Crippen LogP contribution is -2.19. The van der Waals surface area contributed by atoms with Gasteiger partial charge in [-0.05, 0) is 43.0 Å². The summed E-state index contributed by atoms with van der Waals surface area (Å²) in [5.74, 6) is 1.38. The van der Waals surface area contributed by atoms with Crippen LogP contribution in [-0.2, 0) is 11.3 Å². The third-order valence-corrected chi connectivity index (χ3v) is 5.31. The first kappa shape index (κ1) is 16.6. The maximum Gasteiger partial charge on any atom is 0.117 e. The molecule has 2 atom stereocenters.